The van der Waals surface area contributed by atoms with Crippen molar-refractivity contribution in [3.05, 3.63) is 53.8 Å². The van der Waals surface area contributed by atoms with Gasteiger partial charge >= 0.3 is 5.97 Å². The quantitative estimate of drug-likeness (QED) is 0.786. The summed E-state index contributed by atoms with van der Waals surface area (Å²) in [5, 5.41) is 11.9. The molecule has 7 heteroatoms. The number of allylic oxidation sites excluding steroid dienone is 4. The van der Waals surface area contributed by atoms with E-state index < -0.39 is 12.0 Å². The van der Waals surface area contributed by atoms with Crippen LogP contribution in [0.25, 0.3) is 0 Å². The minimum Gasteiger partial charge on any atom is -0.480 e. The lowest BCUT2D eigenvalue weighted by Crippen LogP contribution is -2.46. The van der Waals surface area contributed by atoms with Gasteiger partial charge in [-0.25, -0.2) is 4.79 Å². The van der Waals surface area contributed by atoms with Crippen molar-refractivity contribution in [2.45, 2.75) is 37.8 Å². The fourth-order valence-electron chi connectivity index (χ4n) is 4.09. The molecule has 2 N–H and O–H groups in total. The molecular weight excluding hydrogens is 360 g/mol. The van der Waals surface area contributed by atoms with Crippen LogP contribution >= 0.6 is 0 Å². The number of fused-ring (bicyclic) bond motifs is 1. The third kappa shape index (κ3) is 3.52. The highest BCUT2D eigenvalue weighted by Crippen LogP contribution is 2.45. The standard InChI is InChI=1S/C21H22N2O5/c24-18(23-15-10-14(11-15)19(23)21(26)27)12-22-20(25)13-6-8-17(9-7-13)28-16-4-2-1-3-5-16/h1-2,4,6-9,14-15,19H,3,5,10-12H2,(H,22,25)(H,26,27)/t14?,15?,19-/m0/s1. The largest absolute Gasteiger partial charge is 0.480 e. The van der Waals surface area contributed by atoms with E-state index in [0.717, 1.165) is 31.4 Å². The summed E-state index contributed by atoms with van der Waals surface area (Å²) in [5.74, 6) is -0.118. The topological polar surface area (TPSA) is 95.9 Å². The van der Waals surface area contributed by atoms with Gasteiger partial charge in [0.2, 0.25) is 5.91 Å². The maximum Gasteiger partial charge on any atom is 0.326 e. The van der Waals surface area contributed by atoms with Gasteiger partial charge in [0.15, 0.2) is 0 Å². The van der Waals surface area contributed by atoms with Crippen LogP contribution in [-0.4, -0.2) is 46.4 Å². The lowest BCUT2D eigenvalue weighted by Gasteiger charge is -2.25. The van der Waals surface area contributed by atoms with E-state index in [1.54, 1.807) is 24.3 Å². The average Bonchev–Trinajstić information content (AvgIpc) is 3.24. The fourth-order valence-corrected chi connectivity index (χ4v) is 4.09. The highest BCUT2D eigenvalue weighted by molar-refractivity contribution is 5.97. The van der Waals surface area contributed by atoms with E-state index in [9.17, 15) is 19.5 Å². The van der Waals surface area contributed by atoms with Gasteiger partial charge in [0.25, 0.3) is 5.91 Å². The molecule has 2 bridgehead atoms. The maximum atomic E-state index is 12.4. The number of hydrogen-bond donors (Lipinski definition) is 2. The van der Waals surface area contributed by atoms with Crippen molar-refractivity contribution in [2.24, 2.45) is 5.92 Å². The summed E-state index contributed by atoms with van der Waals surface area (Å²) in [6.07, 6.45) is 9.22. The van der Waals surface area contributed by atoms with Crippen molar-refractivity contribution in [2.75, 3.05) is 6.54 Å². The second-order valence-corrected chi connectivity index (χ2v) is 7.38. The van der Waals surface area contributed by atoms with Crippen LogP contribution in [-0.2, 0) is 9.59 Å². The number of benzene rings is 1. The third-order valence-electron chi connectivity index (χ3n) is 5.57. The zero-order valence-electron chi connectivity index (χ0n) is 15.3. The molecule has 1 atom stereocenters. The molecule has 4 aliphatic rings. The van der Waals surface area contributed by atoms with Crippen molar-refractivity contribution in [1.29, 1.82) is 0 Å². The smallest absolute Gasteiger partial charge is 0.326 e. The first-order chi connectivity index (χ1) is 13.5. The van der Waals surface area contributed by atoms with Gasteiger partial charge in [-0.3, -0.25) is 9.59 Å². The van der Waals surface area contributed by atoms with Gasteiger partial charge in [-0.1, -0.05) is 12.2 Å². The molecule has 5 rings (SSSR count). The van der Waals surface area contributed by atoms with E-state index in [-0.39, 0.29) is 30.3 Å². The Labute approximate surface area is 162 Å². The molecular formula is C21H22N2O5. The minimum absolute atomic E-state index is 0.00382. The van der Waals surface area contributed by atoms with Gasteiger partial charge in [0.05, 0.1) is 6.54 Å². The number of nitrogens with one attached hydrogen (secondary N) is 1. The summed E-state index contributed by atoms with van der Waals surface area (Å²) in [7, 11) is 0. The molecule has 2 aliphatic carbocycles. The number of amides is 2. The minimum atomic E-state index is -0.969. The Bertz CT molecular complexity index is 852. The Morgan fingerprint density at radius 1 is 1.18 bits per heavy atom. The molecule has 2 heterocycles. The summed E-state index contributed by atoms with van der Waals surface area (Å²) in [5.41, 5.74) is 0.415. The van der Waals surface area contributed by atoms with E-state index in [4.69, 9.17) is 4.74 Å². The summed E-state index contributed by atoms with van der Waals surface area (Å²) in [6, 6.07) is 5.95. The Morgan fingerprint density at radius 2 is 1.93 bits per heavy atom. The fraction of sp³-hybridized carbons (Fsp3) is 0.381. The summed E-state index contributed by atoms with van der Waals surface area (Å²) in [4.78, 5) is 37.6. The van der Waals surface area contributed by atoms with Gasteiger partial charge in [0.1, 0.15) is 17.6 Å². The average molecular weight is 382 g/mol. The second kappa shape index (κ2) is 7.50. The number of carboxylic acids is 1. The zero-order valence-corrected chi connectivity index (χ0v) is 15.3. The molecule has 2 saturated heterocycles. The van der Waals surface area contributed by atoms with Gasteiger partial charge < -0.3 is 20.1 Å². The summed E-state index contributed by atoms with van der Waals surface area (Å²) >= 11 is 0. The number of nitrogens with zero attached hydrogens (tertiary/aromatic N) is 1. The lowest BCUT2D eigenvalue weighted by atomic mass is 9.83. The van der Waals surface area contributed by atoms with Crippen molar-refractivity contribution in [1.82, 2.24) is 10.2 Å². The van der Waals surface area contributed by atoms with Crippen molar-refractivity contribution in [3.63, 3.8) is 0 Å². The van der Waals surface area contributed by atoms with Crippen LogP contribution in [0.2, 0.25) is 0 Å². The van der Waals surface area contributed by atoms with Gasteiger partial charge in [0, 0.05) is 18.0 Å². The molecule has 0 radical (unpaired) electrons. The number of carbonyl (C=O) groups excluding carboxylic acids is 2. The van der Waals surface area contributed by atoms with Crippen molar-refractivity contribution < 1.29 is 24.2 Å². The Balaban J connectivity index is 1.31. The lowest BCUT2D eigenvalue weighted by molar-refractivity contribution is -0.148. The number of hydrogen-bond acceptors (Lipinski definition) is 4. The first kappa shape index (κ1) is 18.3. The van der Waals surface area contributed by atoms with Crippen LogP contribution in [0.4, 0.5) is 0 Å². The van der Waals surface area contributed by atoms with Crippen molar-refractivity contribution in [3.8, 4) is 5.75 Å². The van der Waals surface area contributed by atoms with Crippen LogP contribution < -0.4 is 10.1 Å². The summed E-state index contributed by atoms with van der Waals surface area (Å²) < 4.78 is 5.77. The Kier molecular flexibility index (Phi) is 4.90. The number of rotatable bonds is 6. The van der Waals surface area contributed by atoms with E-state index in [1.165, 1.54) is 4.90 Å². The predicted molar refractivity (Wildman–Crippen MR) is 101 cm³/mol. The van der Waals surface area contributed by atoms with Crippen molar-refractivity contribution >= 4 is 17.8 Å². The molecule has 1 aromatic rings. The van der Waals surface area contributed by atoms with Crippen LogP contribution in [0.1, 0.15) is 36.0 Å². The normalized spacial score (nSPS) is 24.9. The highest BCUT2D eigenvalue weighted by Gasteiger charge is 2.55. The van der Waals surface area contributed by atoms with Gasteiger partial charge in [-0.15, -0.1) is 0 Å². The van der Waals surface area contributed by atoms with E-state index >= 15 is 0 Å². The van der Waals surface area contributed by atoms with Crippen LogP contribution in [0.3, 0.4) is 0 Å². The first-order valence-corrected chi connectivity index (χ1v) is 9.48. The maximum absolute atomic E-state index is 12.4. The SMILES string of the molecule is O=C(NCC(=O)N1C2CC(C2)[C@H]1C(=O)O)c1ccc(OC2=CC=CCC2)cc1. The molecule has 0 aromatic heterocycles. The molecule has 146 valence electrons. The molecule has 28 heavy (non-hydrogen) atoms. The number of ether oxygens (including phenoxy) is 1. The Hall–Kier alpha value is -3.09. The zero-order chi connectivity index (χ0) is 19.7. The first-order valence-electron chi connectivity index (χ1n) is 9.48. The molecule has 1 aromatic carbocycles. The molecule has 2 amide bonds. The highest BCUT2D eigenvalue weighted by atomic mass is 16.5. The third-order valence-corrected chi connectivity index (χ3v) is 5.57. The Morgan fingerprint density at radius 3 is 2.57 bits per heavy atom. The van der Waals surface area contributed by atoms with Crippen LogP contribution in [0.5, 0.6) is 5.75 Å². The van der Waals surface area contributed by atoms with Gasteiger partial charge in [-0.05, 0) is 55.5 Å². The number of carboxylic acid groups (broad SMARTS) is 1. The monoisotopic (exact) mass is 382 g/mol. The molecule has 3 fully saturated rings. The van der Waals surface area contributed by atoms with Crippen LogP contribution in [0, 0.1) is 5.92 Å². The molecule has 1 saturated carbocycles. The molecule has 7 nitrogen and oxygen atoms in total. The number of carbonyl (C=O) groups is 3. The number of aliphatic carboxylic acids is 1. The molecule has 0 unspecified atom stereocenters. The van der Waals surface area contributed by atoms with E-state index in [1.807, 2.05) is 12.2 Å². The molecule has 2 aliphatic heterocycles. The van der Waals surface area contributed by atoms with Gasteiger partial charge in [-0.2, -0.15) is 0 Å². The predicted octanol–water partition coefficient (Wildman–Crippen LogP) is 2.10. The van der Waals surface area contributed by atoms with Crippen LogP contribution in [0.15, 0.2) is 48.3 Å². The summed E-state index contributed by atoms with van der Waals surface area (Å²) in [6.45, 7) is -0.205. The van der Waals surface area contributed by atoms with E-state index in [0.29, 0.717) is 11.3 Å². The molecule has 0 spiro atoms. The van der Waals surface area contributed by atoms with E-state index in [2.05, 4.69) is 11.4 Å². The second-order valence-electron chi connectivity index (χ2n) is 7.38.